The number of ether oxygens (including phenoxy) is 1. The van der Waals surface area contributed by atoms with Crippen LogP contribution in [0.4, 0.5) is 5.69 Å². The highest BCUT2D eigenvalue weighted by atomic mass is 32.1. The molecular weight excluding hydrogens is 450 g/mol. The molecule has 2 heterocycles. The van der Waals surface area contributed by atoms with Crippen molar-refractivity contribution in [2.24, 2.45) is 0 Å². The minimum absolute atomic E-state index is 0.140. The van der Waals surface area contributed by atoms with E-state index in [4.69, 9.17) is 9.72 Å². The number of nitro benzene ring substituents is 1. The van der Waals surface area contributed by atoms with Gasteiger partial charge in [0.1, 0.15) is 0 Å². The maximum Gasteiger partial charge on any atom is 0.311 e. The number of nitrogens with zero attached hydrogens (tertiary/aromatic N) is 3. The Morgan fingerprint density at radius 1 is 1.12 bits per heavy atom. The molecule has 0 aliphatic carbocycles. The van der Waals surface area contributed by atoms with Crippen molar-refractivity contribution in [1.29, 1.82) is 0 Å². The highest BCUT2D eigenvalue weighted by Crippen LogP contribution is 2.35. The molecule has 0 saturated carbocycles. The summed E-state index contributed by atoms with van der Waals surface area (Å²) in [6.07, 6.45) is 5.17. The predicted octanol–water partition coefficient (Wildman–Crippen LogP) is 6.34. The number of thiazole rings is 1. The summed E-state index contributed by atoms with van der Waals surface area (Å²) in [4.78, 5) is 30.5. The average Bonchev–Trinajstić information content (AvgIpc) is 3.37. The number of carbonyl (C=O) groups excluding carboxylic acids is 1. The van der Waals surface area contributed by atoms with Gasteiger partial charge in [-0.25, -0.2) is 4.98 Å². The van der Waals surface area contributed by atoms with Crippen molar-refractivity contribution in [3.8, 4) is 17.0 Å². The number of aromatic nitrogens is 2. The second kappa shape index (κ2) is 8.57. The molecular formula is C26H19N3O4S. The van der Waals surface area contributed by atoms with Gasteiger partial charge >= 0.3 is 5.69 Å². The van der Waals surface area contributed by atoms with Crippen LogP contribution in [0.1, 0.15) is 20.9 Å². The lowest BCUT2D eigenvalue weighted by atomic mass is 10.0. The minimum atomic E-state index is -0.482. The molecule has 3 aromatic carbocycles. The van der Waals surface area contributed by atoms with Crippen LogP contribution in [0.2, 0.25) is 0 Å². The van der Waals surface area contributed by atoms with Crippen molar-refractivity contribution in [3.63, 3.8) is 0 Å². The number of benzene rings is 3. The van der Waals surface area contributed by atoms with E-state index in [2.05, 4.69) is 0 Å². The summed E-state index contributed by atoms with van der Waals surface area (Å²) in [7, 11) is 1.39. The first-order chi connectivity index (χ1) is 16.4. The molecule has 0 aliphatic rings. The molecule has 168 valence electrons. The van der Waals surface area contributed by atoms with Crippen molar-refractivity contribution in [3.05, 3.63) is 99.2 Å². The zero-order valence-corrected chi connectivity index (χ0v) is 19.2. The standard InChI is InChI=1S/C26H19N3O4S/c1-16-15-28-21(10-11-23(30)19-8-7-17-5-3-4-6-18(17)13-19)25(27-26(28)34-16)20-9-12-24(33-2)22(14-20)29(31)32/h3-15H,1-2H3. The van der Waals surface area contributed by atoms with E-state index >= 15 is 0 Å². The van der Waals surface area contributed by atoms with Crippen molar-refractivity contribution < 1.29 is 14.5 Å². The van der Waals surface area contributed by atoms with E-state index in [1.54, 1.807) is 18.2 Å². The predicted molar refractivity (Wildman–Crippen MR) is 134 cm³/mol. The third-order valence-electron chi connectivity index (χ3n) is 5.55. The third-order valence-corrected chi connectivity index (χ3v) is 6.45. The molecule has 0 unspecified atom stereocenters. The Hall–Kier alpha value is -4.30. The van der Waals surface area contributed by atoms with Gasteiger partial charge < -0.3 is 4.74 Å². The highest BCUT2D eigenvalue weighted by Gasteiger charge is 2.20. The fourth-order valence-corrected chi connectivity index (χ4v) is 4.75. The number of imidazole rings is 1. The maximum atomic E-state index is 13.0. The van der Waals surface area contributed by atoms with E-state index in [1.807, 2.05) is 60.0 Å². The Labute approximate surface area is 198 Å². The van der Waals surface area contributed by atoms with E-state index in [0.717, 1.165) is 20.6 Å². The number of carbonyl (C=O) groups is 1. The Bertz CT molecular complexity index is 1610. The Kier molecular flexibility index (Phi) is 5.43. The summed E-state index contributed by atoms with van der Waals surface area (Å²) in [5.41, 5.74) is 2.24. The van der Waals surface area contributed by atoms with Gasteiger partial charge in [0.25, 0.3) is 0 Å². The van der Waals surface area contributed by atoms with Crippen LogP contribution >= 0.6 is 11.3 Å². The van der Waals surface area contributed by atoms with Crippen LogP contribution in [0.3, 0.4) is 0 Å². The van der Waals surface area contributed by atoms with E-state index < -0.39 is 4.92 Å². The lowest BCUT2D eigenvalue weighted by Crippen LogP contribution is -1.96. The first-order valence-corrected chi connectivity index (χ1v) is 11.3. The van der Waals surface area contributed by atoms with Crippen LogP contribution in [0.25, 0.3) is 33.1 Å². The number of rotatable bonds is 6. The van der Waals surface area contributed by atoms with E-state index in [1.165, 1.54) is 30.6 Å². The van der Waals surface area contributed by atoms with Crippen molar-refractivity contribution in [1.82, 2.24) is 9.38 Å². The third kappa shape index (κ3) is 3.84. The van der Waals surface area contributed by atoms with Crippen LogP contribution in [-0.4, -0.2) is 27.2 Å². The second-order valence-electron chi connectivity index (χ2n) is 7.74. The van der Waals surface area contributed by atoms with Crippen LogP contribution in [0, 0.1) is 17.0 Å². The van der Waals surface area contributed by atoms with Crippen LogP contribution in [0.5, 0.6) is 5.75 Å². The van der Waals surface area contributed by atoms with Crippen molar-refractivity contribution >= 4 is 44.6 Å². The molecule has 0 atom stereocenters. The molecule has 5 aromatic rings. The minimum Gasteiger partial charge on any atom is -0.490 e. The maximum absolute atomic E-state index is 13.0. The zero-order valence-electron chi connectivity index (χ0n) is 18.4. The zero-order chi connectivity index (χ0) is 23.8. The molecule has 7 nitrogen and oxygen atoms in total. The summed E-state index contributed by atoms with van der Waals surface area (Å²) in [5.74, 6) is 0.0357. The van der Waals surface area contributed by atoms with Crippen molar-refractivity contribution in [2.45, 2.75) is 6.92 Å². The second-order valence-corrected chi connectivity index (χ2v) is 8.96. The number of fused-ring (bicyclic) bond motifs is 2. The highest BCUT2D eigenvalue weighted by molar-refractivity contribution is 7.17. The molecule has 0 aliphatic heterocycles. The first kappa shape index (κ1) is 21.5. The number of hydrogen-bond acceptors (Lipinski definition) is 6. The molecule has 5 rings (SSSR count). The molecule has 0 spiro atoms. The molecule has 34 heavy (non-hydrogen) atoms. The number of allylic oxidation sites excluding steroid dienone is 1. The lowest BCUT2D eigenvalue weighted by Gasteiger charge is -2.05. The van der Waals surface area contributed by atoms with Crippen LogP contribution < -0.4 is 4.74 Å². The van der Waals surface area contributed by atoms with Gasteiger partial charge in [0.2, 0.25) is 0 Å². The Morgan fingerprint density at radius 3 is 2.68 bits per heavy atom. The largest absolute Gasteiger partial charge is 0.490 e. The summed E-state index contributed by atoms with van der Waals surface area (Å²) < 4.78 is 7.02. The number of aryl methyl sites for hydroxylation is 1. The van der Waals surface area contributed by atoms with Crippen LogP contribution in [0.15, 0.2) is 72.9 Å². The fraction of sp³-hybridized carbons (Fsp3) is 0.0769. The SMILES string of the molecule is COc1ccc(-c2nc3sc(C)cn3c2C=CC(=O)c2ccc3ccccc3c2)cc1[N+](=O)[O-]. The number of hydrogen-bond donors (Lipinski definition) is 0. The van der Waals surface area contributed by atoms with Gasteiger partial charge in [-0.1, -0.05) is 36.4 Å². The van der Waals surface area contributed by atoms with Gasteiger partial charge in [-0.15, -0.1) is 11.3 Å². The van der Waals surface area contributed by atoms with Gasteiger partial charge in [0.15, 0.2) is 16.5 Å². The summed E-state index contributed by atoms with van der Waals surface area (Å²) in [5, 5.41) is 13.6. The van der Waals surface area contributed by atoms with Gasteiger partial charge in [0, 0.05) is 28.3 Å². The molecule has 0 radical (unpaired) electrons. The summed E-state index contributed by atoms with van der Waals surface area (Å²) >= 11 is 1.51. The van der Waals surface area contributed by atoms with E-state index in [9.17, 15) is 14.9 Å². The number of methoxy groups -OCH3 is 1. The number of nitro groups is 1. The normalized spacial score (nSPS) is 11.5. The monoisotopic (exact) mass is 469 g/mol. The van der Waals surface area contributed by atoms with Gasteiger partial charge in [-0.2, -0.15) is 0 Å². The van der Waals surface area contributed by atoms with E-state index in [-0.39, 0.29) is 17.2 Å². The van der Waals surface area contributed by atoms with E-state index in [0.29, 0.717) is 22.5 Å². The number of ketones is 1. The molecule has 0 saturated heterocycles. The van der Waals surface area contributed by atoms with Gasteiger partial charge in [0.05, 0.1) is 23.4 Å². The smallest absolute Gasteiger partial charge is 0.311 e. The van der Waals surface area contributed by atoms with Gasteiger partial charge in [-0.3, -0.25) is 19.3 Å². The van der Waals surface area contributed by atoms with Gasteiger partial charge in [-0.05, 0) is 48.0 Å². The first-order valence-electron chi connectivity index (χ1n) is 10.5. The molecule has 2 aromatic heterocycles. The molecule has 0 amide bonds. The van der Waals surface area contributed by atoms with Crippen molar-refractivity contribution in [2.75, 3.05) is 7.11 Å². The molecule has 8 heteroatoms. The Morgan fingerprint density at radius 2 is 1.91 bits per heavy atom. The average molecular weight is 470 g/mol. The lowest BCUT2D eigenvalue weighted by molar-refractivity contribution is -0.385. The quantitative estimate of drug-likeness (QED) is 0.125. The van der Waals surface area contributed by atoms with Crippen LogP contribution in [-0.2, 0) is 0 Å². The summed E-state index contributed by atoms with van der Waals surface area (Å²) in [6, 6.07) is 18.2. The fourth-order valence-electron chi connectivity index (χ4n) is 3.92. The summed E-state index contributed by atoms with van der Waals surface area (Å²) in [6.45, 7) is 1.98. The Balaban J connectivity index is 1.58. The molecule has 0 fully saturated rings. The molecule has 0 bridgehead atoms. The molecule has 0 N–H and O–H groups in total. The topological polar surface area (TPSA) is 86.7 Å².